The average Bonchev–Trinajstić information content (AvgIpc) is 2.96. The average molecular weight is 419 g/mol. The van der Waals surface area contributed by atoms with Gasteiger partial charge in [0.05, 0.1) is 5.52 Å². The summed E-state index contributed by atoms with van der Waals surface area (Å²) >= 11 is 1.91. The first-order valence-electron chi connectivity index (χ1n) is 8.46. The number of thioether (sulfide) groups is 1. The van der Waals surface area contributed by atoms with Gasteiger partial charge in [0.25, 0.3) is 0 Å². The monoisotopic (exact) mass is 418 g/mol. The Bertz CT molecular complexity index is 702. The maximum Gasteiger partial charge on any atom is 0.225 e. The number of nitrogens with zero attached hydrogens (tertiary/aromatic N) is 2. The molecule has 0 saturated carbocycles. The number of fused-ring (bicyclic) bond motifs is 1. The van der Waals surface area contributed by atoms with Gasteiger partial charge in [0.2, 0.25) is 5.91 Å². The normalized spacial score (nSPS) is 16.8. The van der Waals surface area contributed by atoms with Crippen molar-refractivity contribution in [2.75, 3.05) is 44.0 Å². The molecule has 1 unspecified atom stereocenters. The van der Waals surface area contributed by atoms with Crippen LogP contribution in [0, 0.1) is 0 Å². The Balaban J connectivity index is 0.00000169. The number of carbonyl (C=O) groups is 1. The van der Waals surface area contributed by atoms with E-state index in [0.29, 0.717) is 6.42 Å². The van der Waals surface area contributed by atoms with Crippen LogP contribution in [0.3, 0.4) is 0 Å². The van der Waals surface area contributed by atoms with Gasteiger partial charge in [-0.25, -0.2) is 0 Å². The van der Waals surface area contributed by atoms with Gasteiger partial charge < -0.3 is 20.1 Å². The van der Waals surface area contributed by atoms with E-state index in [1.165, 1.54) is 10.9 Å². The first kappa shape index (κ1) is 23.1. The summed E-state index contributed by atoms with van der Waals surface area (Å²) in [5, 5.41) is 7.66. The molecule has 1 atom stereocenters. The van der Waals surface area contributed by atoms with Crippen LogP contribution in [0.2, 0.25) is 0 Å². The Morgan fingerprint density at radius 3 is 2.85 bits per heavy atom. The molecule has 0 bridgehead atoms. The maximum atomic E-state index is 12.3. The number of hydrogen-bond acceptors (Lipinski definition) is 4. The van der Waals surface area contributed by atoms with Gasteiger partial charge in [0.15, 0.2) is 0 Å². The Morgan fingerprint density at radius 1 is 1.35 bits per heavy atom. The molecule has 1 fully saturated rings. The Labute approximate surface area is 172 Å². The van der Waals surface area contributed by atoms with Crippen LogP contribution in [0.5, 0.6) is 0 Å². The largest absolute Gasteiger partial charge is 0.346 e. The molecule has 0 radical (unpaired) electrons. The minimum Gasteiger partial charge on any atom is -0.346 e. The highest BCUT2D eigenvalue weighted by Crippen LogP contribution is 2.21. The molecule has 0 spiro atoms. The highest BCUT2D eigenvalue weighted by Gasteiger charge is 2.16. The lowest BCUT2D eigenvalue weighted by Gasteiger charge is -2.22. The molecular weight excluding hydrogens is 391 g/mol. The molecule has 1 aromatic heterocycles. The predicted molar refractivity (Wildman–Crippen MR) is 117 cm³/mol. The van der Waals surface area contributed by atoms with Crippen molar-refractivity contribution in [1.29, 1.82) is 0 Å². The number of likely N-dealkylation sites (N-methyl/N-ethyl adjacent to an activating group) is 1. The smallest absolute Gasteiger partial charge is 0.225 e. The van der Waals surface area contributed by atoms with Gasteiger partial charge in [-0.3, -0.25) is 4.79 Å². The summed E-state index contributed by atoms with van der Waals surface area (Å²) in [6, 6.07) is 8.55. The lowest BCUT2D eigenvalue weighted by atomic mass is 10.2. The molecule has 2 N–H and O–H groups in total. The van der Waals surface area contributed by atoms with Crippen LogP contribution in [0.1, 0.15) is 6.42 Å². The van der Waals surface area contributed by atoms with Crippen molar-refractivity contribution in [1.82, 2.24) is 14.8 Å². The summed E-state index contributed by atoms with van der Waals surface area (Å²) in [5.41, 5.74) is 2.04. The minimum absolute atomic E-state index is 0. The van der Waals surface area contributed by atoms with E-state index in [9.17, 15) is 4.79 Å². The number of benzene rings is 1. The summed E-state index contributed by atoms with van der Waals surface area (Å²) in [4.78, 5) is 14.5. The molecule has 5 nitrogen and oxygen atoms in total. The van der Waals surface area contributed by atoms with E-state index >= 15 is 0 Å². The summed E-state index contributed by atoms with van der Waals surface area (Å²) in [7, 11) is 4.16. The summed E-state index contributed by atoms with van der Waals surface area (Å²) in [6.07, 6.45) is 2.65. The molecule has 1 aliphatic heterocycles. The van der Waals surface area contributed by atoms with Crippen molar-refractivity contribution >= 4 is 59.1 Å². The number of rotatable bonds is 6. The molecule has 146 valence electrons. The Hall–Kier alpha value is -0.920. The van der Waals surface area contributed by atoms with Gasteiger partial charge in [0.1, 0.15) is 0 Å². The lowest BCUT2D eigenvalue weighted by Crippen LogP contribution is -2.39. The van der Waals surface area contributed by atoms with Crippen LogP contribution in [0.15, 0.2) is 30.5 Å². The molecule has 26 heavy (non-hydrogen) atoms. The van der Waals surface area contributed by atoms with E-state index in [1.54, 1.807) is 0 Å². The van der Waals surface area contributed by atoms with Crippen molar-refractivity contribution < 1.29 is 4.79 Å². The van der Waals surface area contributed by atoms with Gasteiger partial charge >= 0.3 is 0 Å². The first-order chi connectivity index (χ1) is 11.6. The predicted octanol–water partition coefficient (Wildman–Crippen LogP) is 3.08. The van der Waals surface area contributed by atoms with Crippen molar-refractivity contribution in [3.8, 4) is 0 Å². The van der Waals surface area contributed by atoms with Crippen LogP contribution < -0.4 is 10.6 Å². The van der Waals surface area contributed by atoms with E-state index in [2.05, 4.69) is 58.6 Å². The third kappa shape index (κ3) is 6.35. The SMILES string of the molecule is CN(C)CCn1ccc2ccc(NC(=O)CC3CSCCN3)cc21.Cl.Cl. The first-order valence-corrected chi connectivity index (χ1v) is 9.62. The van der Waals surface area contributed by atoms with Crippen molar-refractivity contribution in [3.63, 3.8) is 0 Å². The molecule has 0 aliphatic carbocycles. The molecule has 8 heteroatoms. The number of anilines is 1. The highest BCUT2D eigenvalue weighted by atomic mass is 35.5. The second-order valence-corrected chi connectivity index (χ2v) is 7.71. The number of aromatic nitrogens is 1. The number of nitrogens with one attached hydrogen (secondary N) is 2. The van der Waals surface area contributed by atoms with Gasteiger partial charge in [0, 0.05) is 55.5 Å². The topological polar surface area (TPSA) is 49.3 Å². The number of hydrogen-bond donors (Lipinski definition) is 2. The summed E-state index contributed by atoms with van der Waals surface area (Å²) < 4.78 is 2.24. The van der Waals surface area contributed by atoms with E-state index in [0.717, 1.165) is 36.8 Å². The fourth-order valence-electron chi connectivity index (χ4n) is 2.95. The van der Waals surface area contributed by atoms with Crippen molar-refractivity contribution in [2.24, 2.45) is 0 Å². The van der Waals surface area contributed by atoms with Crippen molar-refractivity contribution in [2.45, 2.75) is 19.0 Å². The zero-order chi connectivity index (χ0) is 16.9. The standard InChI is InChI=1S/C18H26N4OS.2ClH/c1-21(2)8-9-22-7-5-14-3-4-15(11-17(14)22)20-18(23)12-16-13-24-10-6-19-16;;/h3-5,7,11,16,19H,6,8-10,12-13H2,1-2H3,(H,20,23);2*1H. The molecule has 2 heterocycles. The van der Waals surface area contributed by atoms with Crippen LogP contribution in [-0.2, 0) is 11.3 Å². The second-order valence-electron chi connectivity index (χ2n) is 6.56. The van der Waals surface area contributed by atoms with Gasteiger partial charge in [-0.2, -0.15) is 11.8 Å². The van der Waals surface area contributed by atoms with E-state index in [4.69, 9.17) is 0 Å². The zero-order valence-electron chi connectivity index (χ0n) is 15.2. The van der Waals surface area contributed by atoms with E-state index in [-0.39, 0.29) is 36.8 Å². The van der Waals surface area contributed by atoms with Gasteiger partial charge in [-0.1, -0.05) is 6.07 Å². The van der Waals surface area contributed by atoms with E-state index in [1.807, 2.05) is 17.8 Å². The minimum atomic E-state index is 0. The van der Waals surface area contributed by atoms with Gasteiger partial charge in [-0.15, -0.1) is 24.8 Å². The fourth-order valence-corrected chi connectivity index (χ4v) is 3.90. The summed E-state index contributed by atoms with van der Waals surface area (Å²) in [6.45, 7) is 2.93. The third-order valence-electron chi connectivity index (χ3n) is 4.28. The molecular formula is C18H28Cl2N4OS. The quantitative estimate of drug-likeness (QED) is 0.756. The molecule has 1 saturated heterocycles. The van der Waals surface area contributed by atoms with Crippen LogP contribution in [0.25, 0.3) is 10.9 Å². The third-order valence-corrected chi connectivity index (χ3v) is 5.41. The van der Waals surface area contributed by atoms with Crippen molar-refractivity contribution in [3.05, 3.63) is 30.5 Å². The molecule has 1 amide bonds. The number of amides is 1. The molecule has 3 rings (SSSR count). The Morgan fingerprint density at radius 2 is 2.15 bits per heavy atom. The van der Waals surface area contributed by atoms with Crippen LogP contribution >= 0.6 is 36.6 Å². The summed E-state index contributed by atoms with van der Waals surface area (Å²) in [5.74, 6) is 2.24. The van der Waals surface area contributed by atoms with Crippen LogP contribution in [-0.4, -0.2) is 60.1 Å². The van der Waals surface area contributed by atoms with E-state index < -0.39 is 0 Å². The number of halogens is 2. The molecule has 1 aromatic carbocycles. The zero-order valence-corrected chi connectivity index (χ0v) is 17.7. The lowest BCUT2D eigenvalue weighted by molar-refractivity contribution is -0.116. The Kier molecular flexibility index (Phi) is 9.82. The number of carbonyl (C=O) groups excluding carboxylic acids is 1. The highest BCUT2D eigenvalue weighted by molar-refractivity contribution is 7.99. The maximum absolute atomic E-state index is 12.3. The fraction of sp³-hybridized carbons (Fsp3) is 0.500. The second kappa shape index (κ2) is 11.0. The van der Waals surface area contributed by atoms with Gasteiger partial charge in [-0.05, 0) is 37.7 Å². The van der Waals surface area contributed by atoms with Crippen LogP contribution in [0.4, 0.5) is 5.69 Å². The molecule has 2 aromatic rings. The molecule has 1 aliphatic rings.